The maximum absolute atomic E-state index is 9.70. The lowest BCUT2D eigenvalue weighted by Gasteiger charge is -2.36. The topological polar surface area (TPSA) is 32.3 Å². The van der Waals surface area contributed by atoms with Gasteiger partial charge in [-0.1, -0.05) is 31.4 Å². The highest BCUT2D eigenvalue weighted by atomic mass is 32.2. The van der Waals surface area contributed by atoms with Gasteiger partial charge >= 0.3 is 0 Å². The first-order valence-corrected chi connectivity index (χ1v) is 8.00. The molecule has 1 aromatic rings. The lowest BCUT2D eigenvalue weighted by Crippen LogP contribution is -2.35. The molecule has 0 saturated heterocycles. The van der Waals surface area contributed by atoms with Crippen molar-refractivity contribution < 1.29 is 5.11 Å². The molecule has 0 aromatic heterocycles. The number of para-hydroxylation sites is 1. The first-order valence-electron chi connectivity index (χ1n) is 6.77. The summed E-state index contributed by atoms with van der Waals surface area (Å²) in [5.74, 6) is 0. The van der Waals surface area contributed by atoms with Crippen molar-refractivity contribution in [2.24, 2.45) is 5.41 Å². The lowest BCUT2D eigenvalue weighted by molar-refractivity contribution is 0.0943. The van der Waals surface area contributed by atoms with E-state index >= 15 is 0 Å². The van der Waals surface area contributed by atoms with E-state index in [1.807, 2.05) is 0 Å². The van der Waals surface area contributed by atoms with Crippen LogP contribution in [-0.2, 0) is 0 Å². The summed E-state index contributed by atoms with van der Waals surface area (Å²) in [5.41, 5.74) is 1.30. The molecule has 1 aliphatic carbocycles. The van der Waals surface area contributed by atoms with E-state index in [4.69, 9.17) is 0 Å². The number of hydrogen-bond donors (Lipinski definition) is 2. The normalized spacial score (nSPS) is 18.6. The summed E-state index contributed by atoms with van der Waals surface area (Å²) in [4.78, 5) is 1.28. The Morgan fingerprint density at radius 3 is 2.61 bits per heavy atom. The standard InChI is InChI=1S/C15H23NOS/c1-18-14-8-4-3-7-13(14)16-11-15(12-17)9-5-2-6-10-15/h3-4,7-8,16-17H,2,5-6,9-12H2,1H3. The van der Waals surface area contributed by atoms with Crippen molar-refractivity contribution in [2.45, 2.75) is 37.0 Å². The molecule has 1 saturated carbocycles. The Hall–Kier alpha value is -0.670. The van der Waals surface area contributed by atoms with Crippen LogP contribution in [0.3, 0.4) is 0 Å². The van der Waals surface area contributed by atoms with Gasteiger partial charge in [-0.05, 0) is 31.2 Å². The maximum atomic E-state index is 9.70. The number of aliphatic hydroxyl groups is 1. The highest BCUT2D eigenvalue weighted by Gasteiger charge is 2.31. The van der Waals surface area contributed by atoms with Crippen molar-refractivity contribution >= 4 is 17.4 Å². The van der Waals surface area contributed by atoms with Crippen molar-refractivity contribution in [2.75, 3.05) is 24.7 Å². The summed E-state index contributed by atoms with van der Waals surface area (Å²) in [6.07, 6.45) is 8.24. The quantitative estimate of drug-likeness (QED) is 0.795. The first-order chi connectivity index (χ1) is 8.79. The summed E-state index contributed by atoms with van der Waals surface area (Å²) in [5, 5.41) is 13.2. The van der Waals surface area contributed by atoms with E-state index in [0.29, 0.717) is 6.61 Å². The smallest absolute Gasteiger partial charge is 0.0504 e. The van der Waals surface area contributed by atoms with Gasteiger partial charge in [-0.2, -0.15) is 0 Å². The molecule has 1 fully saturated rings. The highest BCUT2D eigenvalue weighted by Crippen LogP contribution is 2.36. The molecule has 0 heterocycles. The van der Waals surface area contributed by atoms with Crippen molar-refractivity contribution in [3.8, 4) is 0 Å². The van der Waals surface area contributed by atoms with Crippen LogP contribution in [0.2, 0.25) is 0 Å². The number of rotatable bonds is 5. The molecule has 18 heavy (non-hydrogen) atoms. The van der Waals surface area contributed by atoms with E-state index in [0.717, 1.165) is 19.4 Å². The molecule has 0 atom stereocenters. The van der Waals surface area contributed by atoms with Gasteiger partial charge in [0.15, 0.2) is 0 Å². The fourth-order valence-electron chi connectivity index (χ4n) is 2.77. The molecule has 100 valence electrons. The zero-order valence-electron chi connectivity index (χ0n) is 11.1. The van der Waals surface area contributed by atoms with Gasteiger partial charge in [-0.15, -0.1) is 11.8 Å². The Morgan fingerprint density at radius 2 is 1.94 bits per heavy atom. The van der Waals surface area contributed by atoms with Crippen LogP contribution in [0.15, 0.2) is 29.2 Å². The van der Waals surface area contributed by atoms with E-state index in [1.165, 1.54) is 29.8 Å². The number of aliphatic hydroxyl groups excluding tert-OH is 1. The number of benzene rings is 1. The van der Waals surface area contributed by atoms with Crippen LogP contribution in [0.5, 0.6) is 0 Å². The average molecular weight is 265 g/mol. The van der Waals surface area contributed by atoms with E-state index in [9.17, 15) is 5.11 Å². The number of thioether (sulfide) groups is 1. The van der Waals surface area contributed by atoms with Crippen LogP contribution < -0.4 is 5.32 Å². The van der Waals surface area contributed by atoms with Gasteiger partial charge in [0.2, 0.25) is 0 Å². The van der Waals surface area contributed by atoms with E-state index in [2.05, 4.69) is 35.8 Å². The largest absolute Gasteiger partial charge is 0.396 e. The van der Waals surface area contributed by atoms with E-state index < -0.39 is 0 Å². The SMILES string of the molecule is CSc1ccccc1NCC1(CO)CCCCC1. The summed E-state index contributed by atoms with van der Waals surface area (Å²) in [7, 11) is 0. The molecular formula is C15H23NOS. The van der Waals surface area contributed by atoms with Gasteiger partial charge in [0.25, 0.3) is 0 Å². The number of hydrogen-bond acceptors (Lipinski definition) is 3. The summed E-state index contributed by atoms with van der Waals surface area (Å²) in [6, 6.07) is 8.40. The Balaban J connectivity index is 2.01. The zero-order chi connectivity index (χ0) is 12.8. The minimum absolute atomic E-state index is 0.101. The lowest BCUT2D eigenvalue weighted by atomic mass is 9.74. The highest BCUT2D eigenvalue weighted by molar-refractivity contribution is 7.98. The molecule has 2 N–H and O–H groups in total. The van der Waals surface area contributed by atoms with Crippen LogP contribution in [0, 0.1) is 5.41 Å². The first kappa shape index (κ1) is 13.8. The average Bonchev–Trinajstić information content (AvgIpc) is 2.46. The molecule has 0 bridgehead atoms. The zero-order valence-corrected chi connectivity index (χ0v) is 11.9. The van der Waals surface area contributed by atoms with E-state index in [-0.39, 0.29) is 5.41 Å². The minimum atomic E-state index is 0.101. The Kier molecular flexibility index (Phi) is 4.95. The second-order valence-corrected chi connectivity index (χ2v) is 6.12. The minimum Gasteiger partial charge on any atom is -0.396 e. The molecule has 3 heteroatoms. The predicted octanol–water partition coefficient (Wildman–Crippen LogP) is 3.76. The maximum Gasteiger partial charge on any atom is 0.0504 e. The molecule has 2 nitrogen and oxygen atoms in total. The second kappa shape index (κ2) is 6.48. The van der Waals surface area contributed by atoms with Gasteiger partial charge in [0.1, 0.15) is 0 Å². The Labute approximate surface area is 114 Å². The molecule has 0 radical (unpaired) electrons. The van der Waals surface area contributed by atoms with Crippen LogP contribution in [0.1, 0.15) is 32.1 Å². The van der Waals surface area contributed by atoms with Crippen LogP contribution in [0.25, 0.3) is 0 Å². The van der Waals surface area contributed by atoms with Crippen molar-refractivity contribution in [3.05, 3.63) is 24.3 Å². The van der Waals surface area contributed by atoms with Crippen LogP contribution in [-0.4, -0.2) is 24.5 Å². The molecule has 0 aliphatic heterocycles. The molecule has 0 unspecified atom stereocenters. The van der Waals surface area contributed by atoms with Crippen LogP contribution >= 0.6 is 11.8 Å². The third-order valence-corrected chi connectivity index (χ3v) is 4.81. The number of anilines is 1. The third kappa shape index (κ3) is 3.21. The molecule has 1 aromatic carbocycles. The summed E-state index contributed by atoms with van der Waals surface area (Å²) >= 11 is 1.76. The molecule has 2 rings (SSSR count). The van der Waals surface area contributed by atoms with Crippen molar-refractivity contribution in [3.63, 3.8) is 0 Å². The Bertz CT molecular complexity index is 375. The molecule has 0 spiro atoms. The fraction of sp³-hybridized carbons (Fsp3) is 0.600. The fourth-order valence-corrected chi connectivity index (χ4v) is 3.34. The summed E-state index contributed by atoms with van der Waals surface area (Å²) in [6.45, 7) is 1.20. The van der Waals surface area contributed by atoms with E-state index in [1.54, 1.807) is 11.8 Å². The second-order valence-electron chi connectivity index (χ2n) is 5.27. The monoisotopic (exact) mass is 265 g/mol. The van der Waals surface area contributed by atoms with Crippen molar-refractivity contribution in [1.82, 2.24) is 0 Å². The van der Waals surface area contributed by atoms with Gasteiger partial charge in [0.05, 0.1) is 6.61 Å². The Morgan fingerprint density at radius 1 is 1.22 bits per heavy atom. The third-order valence-electron chi connectivity index (χ3n) is 4.01. The molecule has 1 aliphatic rings. The van der Waals surface area contributed by atoms with Crippen molar-refractivity contribution in [1.29, 1.82) is 0 Å². The number of nitrogens with one attached hydrogen (secondary N) is 1. The van der Waals surface area contributed by atoms with Gasteiger partial charge < -0.3 is 10.4 Å². The predicted molar refractivity (Wildman–Crippen MR) is 79.3 cm³/mol. The van der Waals surface area contributed by atoms with Gasteiger partial charge in [0, 0.05) is 22.5 Å². The van der Waals surface area contributed by atoms with Gasteiger partial charge in [-0.25, -0.2) is 0 Å². The summed E-state index contributed by atoms with van der Waals surface area (Å²) < 4.78 is 0. The van der Waals surface area contributed by atoms with Gasteiger partial charge in [-0.3, -0.25) is 0 Å². The van der Waals surface area contributed by atoms with Crippen LogP contribution in [0.4, 0.5) is 5.69 Å². The molecular weight excluding hydrogens is 242 g/mol. The molecule has 0 amide bonds.